The van der Waals surface area contributed by atoms with Gasteiger partial charge in [0.05, 0.1) is 12.6 Å². The van der Waals surface area contributed by atoms with Gasteiger partial charge in [-0.25, -0.2) is 0 Å². The molecule has 2 aromatic rings. The van der Waals surface area contributed by atoms with Gasteiger partial charge in [-0.3, -0.25) is 4.90 Å². The van der Waals surface area contributed by atoms with E-state index in [-0.39, 0.29) is 6.10 Å². The van der Waals surface area contributed by atoms with Crippen LogP contribution >= 0.6 is 11.3 Å². The van der Waals surface area contributed by atoms with Crippen LogP contribution in [0.25, 0.3) is 0 Å². The molecule has 4 nitrogen and oxygen atoms in total. The van der Waals surface area contributed by atoms with E-state index in [1.54, 1.807) is 11.3 Å². The molecule has 0 radical (unpaired) electrons. The van der Waals surface area contributed by atoms with Gasteiger partial charge in [0.1, 0.15) is 10.0 Å². The number of nitrogens with zero attached hydrogens (tertiary/aromatic N) is 3. The summed E-state index contributed by atoms with van der Waals surface area (Å²) in [6.45, 7) is 4.96. The average Bonchev–Trinajstić information content (AvgIpc) is 2.94. The zero-order valence-electron chi connectivity index (χ0n) is 13.0. The number of hydrogen-bond donors (Lipinski definition) is 1. The highest BCUT2D eigenvalue weighted by Gasteiger charge is 2.25. The maximum absolute atomic E-state index is 10.5. The van der Waals surface area contributed by atoms with E-state index in [0.29, 0.717) is 5.92 Å². The first-order valence-corrected chi connectivity index (χ1v) is 8.75. The molecule has 1 aromatic heterocycles. The van der Waals surface area contributed by atoms with Crippen LogP contribution in [0, 0.1) is 12.8 Å². The Morgan fingerprint density at radius 3 is 2.59 bits per heavy atom. The third-order valence-electron chi connectivity index (χ3n) is 4.39. The lowest BCUT2D eigenvalue weighted by Crippen LogP contribution is -2.38. The van der Waals surface area contributed by atoms with E-state index in [9.17, 15) is 5.11 Å². The number of hydrogen-bond acceptors (Lipinski definition) is 5. The molecule has 0 saturated carbocycles. The fourth-order valence-corrected chi connectivity index (χ4v) is 3.86. The quantitative estimate of drug-likeness (QED) is 0.921. The number of likely N-dealkylation sites (tertiary alicyclic amines) is 1. The summed E-state index contributed by atoms with van der Waals surface area (Å²) >= 11 is 1.68. The maximum atomic E-state index is 10.5. The minimum Gasteiger partial charge on any atom is -0.392 e. The van der Waals surface area contributed by atoms with Gasteiger partial charge < -0.3 is 5.11 Å². The van der Waals surface area contributed by atoms with Gasteiger partial charge in [0.2, 0.25) is 0 Å². The summed E-state index contributed by atoms with van der Waals surface area (Å²) in [6, 6.07) is 10.3. The van der Waals surface area contributed by atoms with Crippen LogP contribution < -0.4 is 0 Å². The molecule has 0 spiro atoms. The minimum absolute atomic E-state index is 0.228. The van der Waals surface area contributed by atoms with Crippen LogP contribution in [0.3, 0.4) is 0 Å². The van der Waals surface area contributed by atoms with Crippen LogP contribution in [0.5, 0.6) is 0 Å². The Balaban J connectivity index is 1.46. The molecule has 1 aromatic carbocycles. The first kappa shape index (κ1) is 15.6. The monoisotopic (exact) mass is 317 g/mol. The van der Waals surface area contributed by atoms with Gasteiger partial charge in [0, 0.05) is 0 Å². The molecular weight excluding hydrogens is 294 g/mol. The summed E-state index contributed by atoms with van der Waals surface area (Å²) in [5.41, 5.74) is 1.22. The minimum atomic E-state index is -0.228. The lowest BCUT2D eigenvalue weighted by Gasteiger charge is -2.33. The summed E-state index contributed by atoms with van der Waals surface area (Å²) in [5.74, 6) is 0.410. The zero-order chi connectivity index (χ0) is 15.4. The van der Waals surface area contributed by atoms with Crippen molar-refractivity contribution < 1.29 is 5.11 Å². The van der Waals surface area contributed by atoms with Crippen LogP contribution in [0.1, 0.15) is 28.4 Å². The Kier molecular flexibility index (Phi) is 5.18. The second kappa shape index (κ2) is 7.31. The van der Waals surface area contributed by atoms with Crippen LogP contribution in [0.2, 0.25) is 0 Å². The van der Waals surface area contributed by atoms with Crippen LogP contribution in [-0.4, -0.2) is 39.4 Å². The standard InChI is InChI=1S/C17H23N3OS/c1-13-18-19-17(22-13)12-20-9-7-15(8-10-20)16(21)11-14-5-3-2-4-6-14/h2-6,15-16,21H,7-12H2,1H3. The highest BCUT2D eigenvalue weighted by molar-refractivity contribution is 7.11. The summed E-state index contributed by atoms with van der Waals surface area (Å²) in [5, 5.41) is 20.9. The molecule has 0 amide bonds. The van der Waals surface area contributed by atoms with Crippen molar-refractivity contribution in [1.29, 1.82) is 0 Å². The summed E-state index contributed by atoms with van der Waals surface area (Å²) in [7, 11) is 0. The first-order chi connectivity index (χ1) is 10.7. The van der Waals surface area contributed by atoms with Gasteiger partial charge in [0.15, 0.2) is 0 Å². The van der Waals surface area contributed by atoms with E-state index in [0.717, 1.165) is 48.9 Å². The number of benzene rings is 1. The molecule has 22 heavy (non-hydrogen) atoms. The van der Waals surface area contributed by atoms with Gasteiger partial charge in [-0.2, -0.15) is 0 Å². The van der Waals surface area contributed by atoms with Crippen molar-refractivity contribution in [3.8, 4) is 0 Å². The maximum Gasteiger partial charge on any atom is 0.131 e. The highest BCUT2D eigenvalue weighted by Crippen LogP contribution is 2.24. The molecule has 1 saturated heterocycles. The van der Waals surface area contributed by atoms with Crippen molar-refractivity contribution in [2.75, 3.05) is 13.1 Å². The fourth-order valence-electron chi connectivity index (χ4n) is 3.11. The molecule has 0 aliphatic carbocycles. The van der Waals surface area contributed by atoms with Gasteiger partial charge in [-0.05, 0) is 50.8 Å². The van der Waals surface area contributed by atoms with Gasteiger partial charge in [-0.15, -0.1) is 21.5 Å². The Morgan fingerprint density at radius 1 is 1.23 bits per heavy atom. The van der Waals surface area contributed by atoms with E-state index in [4.69, 9.17) is 0 Å². The van der Waals surface area contributed by atoms with Crippen molar-refractivity contribution in [2.45, 2.75) is 38.8 Å². The van der Waals surface area contributed by atoms with E-state index >= 15 is 0 Å². The molecular formula is C17H23N3OS. The highest BCUT2D eigenvalue weighted by atomic mass is 32.1. The molecule has 118 valence electrons. The topological polar surface area (TPSA) is 49.2 Å². The van der Waals surface area contributed by atoms with Gasteiger partial charge in [-0.1, -0.05) is 30.3 Å². The second-order valence-corrected chi connectivity index (χ2v) is 7.35. The van der Waals surface area contributed by atoms with Crippen LogP contribution in [0.15, 0.2) is 30.3 Å². The zero-order valence-corrected chi connectivity index (χ0v) is 13.8. The van der Waals surface area contributed by atoms with Crippen molar-refractivity contribution in [2.24, 2.45) is 5.92 Å². The third-order valence-corrected chi connectivity index (χ3v) is 5.21. The number of rotatable bonds is 5. The predicted octanol–water partition coefficient (Wildman–Crippen LogP) is 2.66. The van der Waals surface area contributed by atoms with Crippen molar-refractivity contribution in [1.82, 2.24) is 15.1 Å². The van der Waals surface area contributed by atoms with Gasteiger partial charge in [0.25, 0.3) is 0 Å². The van der Waals surface area contributed by atoms with Crippen LogP contribution in [0.4, 0.5) is 0 Å². The SMILES string of the molecule is Cc1nnc(CN2CCC(C(O)Cc3ccccc3)CC2)s1. The Morgan fingerprint density at radius 2 is 1.95 bits per heavy atom. The number of aryl methyl sites for hydroxylation is 1. The number of aromatic nitrogens is 2. The van der Waals surface area contributed by atoms with Crippen molar-refractivity contribution in [3.05, 3.63) is 45.9 Å². The molecule has 1 unspecified atom stereocenters. The first-order valence-electron chi connectivity index (χ1n) is 7.94. The molecule has 1 N–H and O–H groups in total. The lowest BCUT2D eigenvalue weighted by molar-refractivity contribution is 0.0575. The van der Waals surface area contributed by atoms with E-state index in [2.05, 4.69) is 27.2 Å². The van der Waals surface area contributed by atoms with Gasteiger partial charge >= 0.3 is 0 Å². The second-order valence-electron chi connectivity index (χ2n) is 6.09. The Labute approximate surface area is 135 Å². The normalized spacial score (nSPS) is 18.5. The number of piperidine rings is 1. The summed E-state index contributed by atoms with van der Waals surface area (Å²) < 4.78 is 0. The number of aliphatic hydroxyl groups excluding tert-OH is 1. The van der Waals surface area contributed by atoms with Crippen molar-refractivity contribution in [3.63, 3.8) is 0 Å². The van der Waals surface area contributed by atoms with E-state index in [1.807, 2.05) is 25.1 Å². The van der Waals surface area contributed by atoms with E-state index in [1.165, 1.54) is 5.56 Å². The molecule has 3 rings (SSSR count). The third kappa shape index (κ3) is 4.12. The molecule has 5 heteroatoms. The molecule has 1 fully saturated rings. The summed E-state index contributed by atoms with van der Waals surface area (Å²) in [4.78, 5) is 2.42. The van der Waals surface area contributed by atoms with Crippen LogP contribution in [-0.2, 0) is 13.0 Å². The molecule has 2 heterocycles. The summed E-state index contributed by atoms with van der Waals surface area (Å²) in [6.07, 6.45) is 2.66. The average molecular weight is 317 g/mol. The molecule has 1 aliphatic heterocycles. The lowest BCUT2D eigenvalue weighted by atomic mass is 9.88. The molecule has 0 bridgehead atoms. The fraction of sp³-hybridized carbons (Fsp3) is 0.529. The predicted molar refractivity (Wildman–Crippen MR) is 88.8 cm³/mol. The van der Waals surface area contributed by atoms with E-state index < -0.39 is 0 Å². The Bertz CT molecular complexity index is 579. The molecule has 1 atom stereocenters. The largest absolute Gasteiger partial charge is 0.392 e. The number of aliphatic hydroxyl groups is 1. The van der Waals surface area contributed by atoms with Crippen molar-refractivity contribution >= 4 is 11.3 Å². The Hall–Kier alpha value is -1.30. The molecule has 1 aliphatic rings. The smallest absolute Gasteiger partial charge is 0.131 e.